The molecule has 33 heavy (non-hydrogen) atoms. The van der Waals surface area contributed by atoms with E-state index < -0.39 is 0 Å². The van der Waals surface area contributed by atoms with Crippen LogP contribution in [0.2, 0.25) is 0 Å². The van der Waals surface area contributed by atoms with Crippen LogP contribution >= 0.6 is 22.6 Å². The van der Waals surface area contributed by atoms with Gasteiger partial charge in [-0.3, -0.25) is 4.79 Å². The second-order valence-corrected chi connectivity index (χ2v) is 9.55. The van der Waals surface area contributed by atoms with Crippen molar-refractivity contribution in [2.75, 3.05) is 5.32 Å². The van der Waals surface area contributed by atoms with Crippen molar-refractivity contribution in [3.8, 4) is 11.3 Å². The van der Waals surface area contributed by atoms with E-state index in [2.05, 4.69) is 64.3 Å². The lowest BCUT2D eigenvalue weighted by Crippen LogP contribution is -2.20. The number of nitrogens with zero attached hydrogens (tertiary/aromatic N) is 2. The van der Waals surface area contributed by atoms with Crippen molar-refractivity contribution in [1.82, 2.24) is 9.97 Å². The first kappa shape index (κ1) is 21.8. The number of amides is 1. The maximum atomic E-state index is 12.9. The number of fused-ring (bicyclic) bond motifs is 3. The highest BCUT2D eigenvalue weighted by molar-refractivity contribution is 14.1. The molecule has 0 saturated carbocycles. The second-order valence-electron chi connectivity index (χ2n) is 8.31. The number of hydrogen-bond acceptors (Lipinski definition) is 3. The van der Waals surface area contributed by atoms with Crippen molar-refractivity contribution >= 4 is 34.3 Å². The molecule has 4 nitrogen and oxygen atoms in total. The Labute approximate surface area is 207 Å². The summed E-state index contributed by atoms with van der Waals surface area (Å²) >= 11 is 2.27. The Morgan fingerprint density at radius 3 is 2.39 bits per heavy atom. The molecule has 1 N–H and O–H groups in total. The van der Waals surface area contributed by atoms with Gasteiger partial charge in [0, 0.05) is 9.13 Å². The third kappa shape index (κ3) is 5.14. The predicted molar refractivity (Wildman–Crippen MR) is 140 cm³/mol. The number of carbonyl (C=O) groups is 1. The van der Waals surface area contributed by atoms with E-state index in [4.69, 9.17) is 9.97 Å². The second kappa shape index (κ2) is 9.83. The molecule has 5 heteroatoms. The van der Waals surface area contributed by atoms with E-state index in [1.165, 1.54) is 11.1 Å². The fourth-order valence-corrected chi connectivity index (χ4v) is 4.62. The highest BCUT2D eigenvalue weighted by Gasteiger charge is 2.22. The lowest BCUT2D eigenvalue weighted by atomic mass is 9.91. The minimum absolute atomic E-state index is 0.0670. The number of rotatable bonds is 6. The van der Waals surface area contributed by atoms with Gasteiger partial charge in [-0.2, -0.15) is 0 Å². The van der Waals surface area contributed by atoms with Gasteiger partial charge in [-0.15, -0.1) is 0 Å². The van der Waals surface area contributed by atoms with Crippen LogP contribution in [0.4, 0.5) is 5.82 Å². The molecule has 0 spiro atoms. The summed E-state index contributed by atoms with van der Waals surface area (Å²) in [4.78, 5) is 22.9. The molecule has 1 amide bonds. The molecule has 1 heterocycles. The van der Waals surface area contributed by atoms with E-state index in [1.54, 1.807) is 0 Å². The number of hydrogen-bond donors (Lipinski definition) is 1. The number of nitrogens with one attached hydrogen (secondary N) is 1. The van der Waals surface area contributed by atoms with Crippen LogP contribution in [0.5, 0.6) is 0 Å². The molecule has 0 bridgehead atoms. The molecule has 3 aromatic carbocycles. The van der Waals surface area contributed by atoms with Crippen LogP contribution in [0.15, 0.2) is 78.9 Å². The Hall–Kier alpha value is -3.06. The van der Waals surface area contributed by atoms with E-state index in [0.717, 1.165) is 51.0 Å². The van der Waals surface area contributed by atoms with Crippen LogP contribution < -0.4 is 5.32 Å². The molecular formula is C28H24IN3O. The van der Waals surface area contributed by atoms with Crippen LogP contribution in [0.3, 0.4) is 0 Å². The van der Waals surface area contributed by atoms with Gasteiger partial charge in [-0.1, -0.05) is 66.7 Å². The summed E-state index contributed by atoms with van der Waals surface area (Å²) in [6.07, 6.45) is 3.65. The van der Waals surface area contributed by atoms with Crippen molar-refractivity contribution in [2.45, 2.75) is 32.1 Å². The van der Waals surface area contributed by atoms with Crippen molar-refractivity contribution in [3.63, 3.8) is 0 Å². The summed E-state index contributed by atoms with van der Waals surface area (Å²) in [7, 11) is 0. The highest BCUT2D eigenvalue weighted by Crippen LogP contribution is 2.32. The van der Waals surface area contributed by atoms with E-state index in [9.17, 15) is 4.79 Å². The third-order valence-electron chi connectivity index (χ3n) is 5.97. The minimum Gasteiger partial charge on any atom is -0.309 e. The molecule has 1 aromatic heterocycles. The van der Waals surface area contributed by atoms with E-state index in [0.29, 0.717) is 18.7 Å². The van der Waals surface area contributed by atoms with Crippen LogP contribution in [0, 0.1) is 3.57 Å². The summed E-state index contributed by atoms with van der Waals surface area (Å²) in [5.41, 5.74) is 7.45. The molecule has 1 aliphatic rings. The quantitative estimate of drug-likeness (QED) is 0.311. The first-order chi connectivity index (χ1) is 16.2. The molecule has 4 aromatic rings. The molecule has 0 atom stereocenters. The largest absolute Gasteiger partial charge is 0.309 e. The topological polar surface area (TPSA) is 54.9 Å². The average Bonchev–Trinajstić information content (AvgIpc) is 2.84. The first-order valence-corrected chi connectivity index (χ1v) is 12.3. The molecule has 0 saturated heterocycles. The van der Waals surface area contributed by atoms with Crippen LogP contribution in [-0.4, -0.2) is 15.9 Å². The van der Waals surface area contributed by atoms with Gasteiger partial charge in [0.15, 0.2) is 5.82 Å². The molecular weight excluding hydrogens is 521 g/mol. The fourth-order valence-electron chi connectivity index (χ4n) is 4.26. The smallest absolute Gasteiger partial charge is 0.229 e. The standard InChI is InChI=1S/C28H24IN3O/c29-22-14-10-20(11-15-22)18-26(33)32-28-25(16-12-19-6-2-1-3-7-19)30-27-23-9-5-4-8-21(23)13-17-24(27)31-28/h1-11,14-15H,12-13,16-18H2,(H,31,32,33). The van der Waals surface area contributed by atoms with Gasteiger partial charge >= 0.3 is 0 Å². The monoisotopic (exact) mass is 545 g/mol. The number of anilines is 1. The zero-order chi connectivity index (χ0) is 22.6. The maximum absolute atomic E-state index is 12.9. The van der Waals surface area contributed by atoms with Crippen LogP contribution in [0.1, 0.15) is 28.1 Å². The van der Waals surface area contributed by atoms with Gasteiger partial charge in [0.05, 0.1) is 23.5 Å². The van der Waals surface area contributed by atoms with Crippen LogP contribution in [0.25, 0.3) is 11.3 Å². The van der Waals surface area contributed by atoms with Gasteiger partial charge in [0.25, 0.3) is 0 Å². The summed E-state index contributed by atoms with van der Waals surface area (Å²) in [5, 5.41) is 3.07. The summed E-state index contributed by atoms with van der Waals surface area (Å²) in [6.45, 7) is 0. The van der Waals surface area contributed by atoms with Crippen molar-refractivity contribution in [1.29, 1.82) is 0 Å². The summed E-state index contributed by atoms with van der Waals surface area (Å²) in [6, 6.07) is 26.8. The number of halogens is 1. The maximum Gasteiger partial charge on any atom is 0.229 e. The molecule has 0 aliphatic heterocycles. The van der Waals surface area contributed by atoms with Gasteiger partial charge in [0.2, 0.25) is 5.91 Å². The van der Waals surface area contributed by atoms with Crippen molar-refractivity contribution in [2.24, 2.45) is 0 Å². The number of benzene rings is 3. The molecule has 0 fully saturated rings. The summed E-state index contributed by atoms with van der Waals surface area (Å²) < 4.78 is 1.15. The number of aryl methyl sites for hydroxylation is 4. The predicted octanol–water partition coefficient (Wildman–Crippen LogP) is 5.81. The third-order valence-corrected chi connectivity index (χ3v) is 6.69. The van der Waals surface area contributed by atoms with Crippen LogP contribution in [-0.2, 0) is 36.9 Å². The van der Waals surface area contributed by atoms with Crippen molar-refractivity contribution < 1.29 is 4.79 Å². The normalized spacial score (nSPS) is 12.0. The molecule has 0 unspecified atom stereocenters. The van der Waals surface area contributed by atoms with Gasteiger partial charge in [-0.05, 0) is 77.1 Å². The fraction of sp³-hybridized carbons (Fsp3) is 0.179. The number of aromatic nitrogens is 2. The van der Waals surface area contributed by atoms with Gasteiger partial charge < -0.3 is 5.32 Å². The lowest BCUT2D eigenvalue weighted by molar-refractivity contribution is -0.115. The van der Waals surface area contributed by atoms with Gasteiger partial charge in [0.1, 0.15) is 0 Å². The minimum atomic E-state index is -0.0670. The summed E-state index contributed by atoms with van der Waals surface area (Å²) in [5.74, 6) is 0.530. The van der Waals surface area contributed by atoms with Gasteiger partial charge in [-0.25, -0.2) is 9.97 Å². The molecule has 5 rings (SSSR count). The molecule has 0 radical (unpaired) electrons. The van der Waals surface area contributed by atoms with E-state index in [-0.39, 0.29) is 5.91 Å². The Bertz CT molecular complexity index is 1290. The Kier molecular flexibility index (Phi) is 6.48. The van der Waals surface area contributed by atoms with Crippen molar-refractivity contribution in [3.05, 3.63) is 111 Å². The Morgan fingerprint density at radius 2 is 1.58 bits per heavy atom. The SMILES string of the molecule is O=C(Cc1ccc(I)cc1)Nc1nc2c(nc1CCc1ccccc1)-c1ccccc1CC2. The van der Waals surface area contributed by atoms with E-state index >= 15 is 0 Å². The molecule has 1 aliphatic carbocycles. The molecule has 164 valence electrons. The lowest BCUT2D eigenvalue weighted by Gasteiger charge is -2.21. The van der Waals surface area contributed by atoms with E-state index in [1.807, 2.05) is 42.5 Å². The first-order valence-electron chi connectivity index (χ1n) is 11.2. The Morgan fingerprint density at radius 1 is 0.818 bits per heavy atom. The Balaban J connectivity index is 1.45. The zero-order valence-corrected chi connectivity index (χ0v) is 20.4. The highest BCUT2D eigenvalue weighted by atomic mass is 127. The number of carbonyl (C=O) groups excluding carboxylic acids is 1. The average molecular weight is 545 g/mol. The zero-order valence-electron chi connectivity index (χ0n) is 18.2.